The van der Waals surface area contributed by atoms with Gasteiger partial charge in [0.1, 0.15) is 6.61 Å². The Morgan fingerprint density at radius 1 is 1.20 bits per heavy atom. The second-order valence-corrected chi connectivity index (χ2v) is 5.87. The van der Waals surface area contributed by atoms with E-state index in [1.807, 2.05) is 24.3 Å². The quantitative estimate of drug-likeness (QED) is 0.616. The molecule has 1 heterocycles. The molecule has 7 heteroatoms. The van der Waals surface area contributed by atoms with Crippen LogP contribution in [0.1, 0.15) is 5.56 Å². The highest BCUT2D eigenvalue weighted by molar-refractivity contribution is 5.78. The fourth-order valence-corrected chi connectivity index (χ4v) is 2.61. The van der Waals surface area contributed by atoms with Crippen LogP contribution in [0.25, 0.3) is 0 Å². The molecule has 130 valence electrons. The normalized spacial score (nSPS) is 15.5. The van der Waals surface area contributed by atoms with Crippen molar-refractivity contribution in [3.8, 4) is 11.5 Å². The average Bonchev–Trinajstić information content (AvgIpc) is 2.62. The molecule has 2 aromatic carbocycles. The number of fused-ring (bicyclic) bond motifs is 1. The van der Waals surface area contributed by atoms with Gasteiger partial charge in [0.05, 0.1) is 17.9 Å². The molecule has 1 aliphatic heterocycles. The molecule has 3 rings (SSSR count). The number of hydrogen-bond acceptors (Lipinski definition) is 5. The van der Waals surface area contributed by atoms with Gasteiger partial charge in [0, 0.05) is 19.2 Å². The third kappa shape index (κ3) is 4.06. The van der Waals surface area contributed by atoms with Crippen LogP contribution in [0.15, 0.2) is 48.5 Å². The minimum absolute atomic E-state index is 0.0102. The second-order valence-electron chi connectivity index (χ2n) is 5.87. The van der Waals surface area contributed by atoms with E-state index in [2.05, 4.69) is 0 Å². The second kappa shape index (κ2) is 7.21. The molecular formula is C18H18N2O5. The maximum absolute atomic E-state index is 12.3. The van der Waals surface area contributed by atoms with Crippen LogP contribution in [0.4, 0.5) is 5.69 Å². The highest BCUT2D eigenvalue weighted by Gasteiger charge is 2.23. The lowest BCUT2D eigenvalue weighted by Gasteiger charge is -2.29. The van der Waals surface area contributed by atoms with Gasteiger partial charge in [0.15, 0.2) is 17.6 Å². The summed E-state index contributed by atoms with van der Waals surface area (Å²) < 4.78 is 11.5. The Morgan fingerprint density at radius 3 is 2.56 bits per heavy atom. The number of likely N-dealkylation sites (N-methyl/N-ethyl adjacent to an activating group) is 1. The lowest BCUT2D eigenvalue weighted by atomic mass is 10.1. The number of non-ortho nitro benzene ring substituents is 1. The lowest BCUT2D eigenvalue weighted by molar-refractivity contribution is -0.384. The Morgan fingerprint density at radius 2 is 1.88 bits per heavy atom. The summed E-state index contributed by atoms with van der Waals surface area (Å²) in [5.74, 6) is 1.30. The van der Waals surface area contributed by atoms with E-state index in [9.17, 15) is 14.9 Å². The predicted octanol–water partition coefficient (Wildman–Crippen LogP) is 2.44. The summed E-state index contributed by atoms with van der Waals surface area (Å²) in [5.41, 5.74) is 0.740. The number of nitrogens with zero attached hydrogens (tertiary/aromatic N) is 2. The van der Waals surface area contributed by atoms with Crippen LogP contribution in [0.5, 0.6) is 11.5 Å². The van der Waals surface area contributed by atoms with Crippen LogP contribution >= 0.6 is 0 Å². The largest absolute Gasteiger partial charge is 0.486 e. The fourth-order valence-electron chi connectivity index (χ4n) is 2.61. The summed E-state index contributed by atoms with van der Waals surface area (Å²) >= 11 is 0. The van der Waals surface area contributed by atoms with E-state index in [1.165, 1.54) is 12.1 Å². The van der Waals surface area contributed by atoms with Crippen LogP contribution in [-0.2, 0) is 11.2 Å². The van der Waals surface area contributed by atoms with E-state index >= 15 is 0 Å². The van der Waals surface area contributed by atoms with Crippen molar-refractivity contribution in [2.75, 3.05) is 20.2 Å². The molecule has 0 saturated carbocycles. The number of carbonyl (C=O) groups excluding carboxylic acids is 1. The van der Waals surface area contributed by atoms with Gasteiger partial charge in [-0.3, -0.25) is 14.9 Å². The molecule has 1 aliphatic rings. The first kappa shape index (κ1) is 16.8. The first-order valence-corrected chi connectivity index (χ1v) is 7.88. The number of carbonyl (C=O) groups is 1. The number of nitro benzene ring substituents is 1. The fraction of sp³-hybridized carbons (Fsp3) is 0.278. The highest BCUT2D eigenvalue weighted by Crippen LogP contribution is 2.30. The Kier molecular flexibility index (Phi) is 4.83. The molecule has 0 aromatic heterocycles. The number of para-hydroxylation sites is 2. The smallest absolute Gasteiger partial charge is 0.269 e. The molecule has 0 saturated heterocycles. The van der Waals surface area contributed by atoms with Crippen LogP contribution < -0.4 is 9.47 Å². The molecule has 0 fully saturated rings. The van der Waals surface area contributed by atoms with Gasteiger partial charge in [-0.25, -0.2) is 0 Å². The van der Waals surface area contributed by atoms with Crippen molar-refractivity contribution in [2.24, 2.45) is 0 Å². The van der Waals surface area contributed by atoms with Crippen LogP contribution in [0, 0.1) is 10.1 Å². The molecule has 0 radical (unpaired) electrons. The number of amides is 1. The number of ether oxygens (including phenoxy) is 2. The summed E-state index contributed by atoms with van der Waals surface area (Å²) in [6.07, 6.45) is -0.0562. The summed E-state index contributed by atoms with van der Waals surface area (Å²) in [4.78, 5) is 24.1. The Labute approximate surface area is 144 Å². The Hall–Kier alpha value is -3.09. The minimum Gasteiger partial charge on any atom is -0.486 e. The van der Waals surface area contributed by atoms with E-state index < -0.39 is 4.92 Å². The average molecular weight is 342 g/mol. The van der Waals surface area contributed by atoms with Crippen molar-refractivity contribution in [3.63, 3.8) is 0 Å². The van der Waals surface area contributed by atoms with Crippen LogP contribution in [-0.4, -0.2) is 42.0 Å². The molecule has 1 amide bonds. The number of rotatable bonds is 5. The van der Waals surface area contributed by atoms with Crippen molar-refractivity contribution in [2.45, 2.75) is 12.5 Å². The number of benzene rings is 2. The van der Waals surface area contributed by atoms with Gasteiger partial charge < -0.3 is 14.4 Å². The number of hydrogen-bond donors (Lipinski definition) is 0. The SMILES string of the molecule is CN(CC1COc2ccccc2O1)C(=O)Cc1ccc([N+](=O)[O-])cc1. The van der Waals surface area contributed by atoms with E-state index in [4.69, 9.17) is 9.47 Å². The maximum atomic E-state index is 12.3. The van der Waals surface area contributed by atoms with E-state index in [1.54, 1.807) is 24.1 Å². The van der Waals surface area contributed by atoms with Gasteiger partial charge in [-0.15, -0.1) is 0 Å². The standard InChI is InChI=1S/C18H18N2O5/c1-19(11-15-12-24-16-4-2-3-5-17(16)25-15)18(21)10-13-6-8-14(9-7-13)20(22)23/h2-9,15H,10-12H2,1H3. The molecule has 0 aliphatic carbocycles. The van der Waals surface area contributed by atoms with E-state index in [0.717, 1.165) is 5.56 Å². The summed E-state index contributed by atoms with van der Waals surface area (Å²) in [6, 6.07) is 13.4. The van der Waals surface area contributed by atoms with Crippen molar-refractivity contribution < 1.29 is 19.2 Å². The predicted molar refractivity (Wildman–Crippen MR) is 90.8 cm³/mol. The van der Waals surface area contributed by atoms with Crippen LogP contribution in [0.2, 0.25) is 0 Å². The Balaban J connectivity index is 1.55. The number of nitro groups is 1. The van der Waals surface area contributed by atoms with Gasteiger partial charge in [-0.1, -0.05) is 24.3 Å². The molecule has 25 heavy (non-hydrogen) atoms. The zero-order chi connectivity index (χ0) is 17.8. The van der Waals surface area contributed by atoms with Crippen molar-refractivity contribution in [1.29, 1.82) is 0 Å². The molecule has 0 N–H and O–H groups in total. The zero-order valence-corrected chi connectivity index (χ0v) is 13.8. The molecule has 1 atom stereocenters. The zero-order valence-electron chi connectivity index (χ0n) is 13.8. The van der Waals surface area contributed by atoms with Gasteiger partial charge >= 0.3 is 0 Å². The highest BCUT2D eigenvalue weighted by atomic mass is 16.6. The summed E-state index contributed by atoms with van der Waals surface area (Å²) in [5, 5.41) is 10.7. The van der Waals surface area contributed by atoms with Gasteiger partial charge in [-0.2, -0.15) is 0 Å². The van der Waals surface area contributed by atoms with Crippen molar-refractivity contribution in [1.82, 2.24) is 4.90 Å². The van der Waals surface area contributed by atoms with Gasteiger partial charge in [0.25, 0.3) is 5.69 Å². The topological polar surface area (TPSA) is 81.9 Å². The molecular weight excluding hydrogens is 324 g/mol. The third-order valence-corrected chi connectivity index (χ3v) is 3.97. The van der Waals surface area contributed by atoms with E-state index in [-0.39, 0.29) is 24.1 Å². The monoisotopic (exact) mass is 342 g/mol. The third-order valence-electron chi connectivity index (χ3n) is 3.97. The maximum Gasteiger partial charge on any atom is 0.269 e. The first-order chi connectivity index (χ1) is 12.0. The van der Waals surface area contributed by atoms with E-state index in [0.29, 0.717) is 24.7 Å². The van der Waals surface area contributed by atoms with Gasteiger partial charge in [0.2, 0.25) is 5.91 Å². The molecule has 1 unspecified atom stereocenters. The first-order valence-electron chi connectivity index (χ1n) is 7.88. The summed E-state index contributed by atoms with van der Waals surface area (Å²) in [7, 11) is 1.71. The molecule has 0 bridgehead atoms. The minimum atomic E-state index is -0.462. The molecule has 7 nitrogen and oxygen atoms in total. The lowest BCUT2D eigenvalue weighted by Crippen LogP contribution is -2.42. The van der Waals surface area contributed by atoms with Gasteiger partial charge in [-0.05, 0) is 17.7 Å². The van der Waals surface area contributed by atoms with Crippen molar-refractivity contribution in [3.05, 3.63) is 64.2 Å². The molecule has 2 aromatic rings. The van der Waals surface area contributed by atoms with Crippen molar-refractivity contribution >= 4 is 11.6 Å². The molecule has 0 spiro atoms. The van der Waals surface area contributed by atoms with Crippen LogP contribution in [0.3, 0.4) is 0 Å². The Bertz CT molecular complexity index is 775. The summed E-state index contributed by atoms with van der Waals surface area (Å²) in [6.45, 7) is 0.784.